The van der Waals surface area contributed by atoms with E-state index in [4.69, 9.17) is 5.11 Å². The highest BCUT2D eigenvalue weighted by atomic mass is 79.9. The van der Waals surface area contributed by atoms with E-state index in [0.29, 0.717) is 6.54 Å². The van der Waals surface area contributed by atoms with Gasteiger partial charge in [0.25, 0.3) is 0 Å². The molecular formula is C14H20BrNO2S. The largest absolute Gasteiger partial charge is 0.396 e. The fraction of sp³-hybridized carbons (Fsp3) is 0.500. The molecule has 0 saturated carbocycles. The molecule has 0 saturated heterocycles. The molecule has 0 aliphatic carbocycles. The van der Waals surface area contributed by atoms with E-state index in [2.05, 4.69) is 21.2 Å². The topological polar surface area (TPSA) is 49.3 Å². The number of carbonyl (C=O) groups excluding carboxylic acids is 1. The Kier molecular flexibility index (Phi) is 6.36. The zero-order chi connectivity index (χ0) is 14.5. The highest BCUT2D eigenvalue weighted by molar-refractivity contribution is 9.10. The third-order valence-electron chi connectivity index (χ3n) is 2.66. The lowest BCUT2D eigenvalue weighted by Crippen LogP contribution is -2.41. The van der Waals surface area contributed by atoms with E-state index in [1.54, 1.807) is 0 Å². The second-order valence-corrected chi connectivity index (χ2v) is 7.68. The molecule has 1 aromatic carbocycles. The Bertz CT molecular complexity index is 420. The number of benzene rings is 1. The normalized spacial score (nSPS) is 13.1. The van der Waals surface area contributed by atoms with Crippen LogP contribution in [0.1, 0.15) is 20.8 Å². The summed E-state index contributed by atoms with van der Waals surface area (Å²) in [5, 5.41) is 11.8. The molecule has 3 nitrogen and oxygen atoms in total. The number of carbonyl (C=O) groups is 1. The SMILES string of the molecule is CC(CO)CNC(=O)C(C)(C)Sc1ccc(Br)cc1. The van der Waals surface area contributed by atoms with E-state index < -0.39 is 4.75 Å². The maximum absolute atomic E-state index is 12.1. The number of halogens is 1. The first-order chi connectivity index (χ1) is 8.85. The summed E-state index contributed by atoms with van der Waals surface area (Å²) in [5.41, 5.74) is 0. The molecular weight excluding hydrogens is 326 g/mol. The van der Waals surface area contributed by atoms with Gasteiger partial charge < -0.3 is 10.4 Å². The van der Waals surface area contributed by atoms with Gasteiger partial charge in [-0.1, -0.05) is 22.9 Å². The Morgan fingerprint density at radius 1 is 1.42 bits per heavy atom. The molecule has 2 N–H and O–H groups in total. The summed E-state index contributed by atoms with van der Waals surface area (Å²) in [6.07, 6.45) is 0. The highest BCUT2D eigenvalue weighted by Gasteiger charge is 2.28. The minimum absolute atomic E-state index is 0.0132. The molecule has 1 rings (SSSR count). The summed E-state index contributed by atoms with van der Waals surface area (Å²) in [6.45, 7) is 6.28. The summed E-state index contributed by atoms with van der Waals surface area (Å²) < 4.78 is 0.485. The van der Waals surface area contributed by atoms with Gasteiger partial charge in [-0.05, 0) is 44.0 Å². The van der Waals surface area contributed by atoms with Gasteiger partial charge in [0.1, 0.15) is 0 Å². The number of hydrogen-bond donors (Lipinski definition) is 2. The van der Waals surface area contributed by atoms with Gasteiger partial charge in [-0.25, -0.2) is 0 Å². The van der Waals surface area contributed by atoms with E-state index >= 15 is 0 Å². The number of hydrogen-bond acceptors (Lipinski definition) is 3. The number of amides is 1. The molecule has 1 aromatic rings. The molecule has 1 unspecified atom stereocenters. The van der Waals surface area contributed by atoms with Crippen LogP contribution in [-0.4, -0.2) is 28.9 Å². The van der Waals surface area contributed by atoms with Crippen molar-refractivity contribution in [1.82, 2.24) is 5.32 Å². The molecule has 0 aromatic heterocycles. The van der Waals surface area contributed by atoms with Gasteiger partial charge in [0, 0.05) is 22.5 Å². The van der Waals surface area contributed by atoms with Crippen molar-refractivity contribution in [2.45, 2.75) is 30.4 Å². The van der Waals surface area contributed by atoms with E-state index in [-0.39, 0.29) is 18.4 Å². The second kappa shape index (κ2) is 7.31. The van der Waals surface area contributed by atoms with Crippen LogP contribution in [0.2, 0.25) is 0 Å². The zero-order valence-electron chi connectivity index (χ0n) is 11.4. The van der Waals surface area contributed by atoms with Crippen molar-refractivity contribution in [2.75, 3.05) is 13.2 Å². The monoisotopic (exact) mass is 345 g/mol. The van der Waals surface area contributed by atoms with Crippen molar-refractivity contribution < 1.29 is 9.90 Å². The minimum Gasteiger partial charge on any atom is -0.396 e. The molecule has 19 heavy (non-hydrogen) atoms. The number of aliphatic hydroxyl groups excluding tert-OH is 1. The molecule has 5 heteroatoms. The summed E-state index contributed by atoms with van der Waals surface area (Å²) in [4.78, 5) is 13.2. The minimum atomic E-state index is -0.539. The lowest BCUT2D eigenvalue weighted by Gasteiger charge is -2.24. The summed E-state index contributed by atoms with van der Waals surface area (Å²) in [7, 11) is 0. The molecule has 1 amide bonds. The van der Waals surface area contributed by atoms with E-state index in [1.807, 2.05) is 45.0 Å². The second-order valence-electron chi connectivity index (χ2n) is 5.06. The van der Waals surface area contributed by atoms with Gasteiger partial charge in [0.05, 0.1) is 4.75 Å². The standard InChI is InChI=1S/C14H20BrNO2S/c1-10(9-17)8-16-13(18)14(2,3)19-12-6-4-11(15)5-7-12/h4-7,10,17H,8-9H2,1-3H3,(H,16,18). The zero-order valence-corrected chi connectivity index (χ0v) is 13.8. The van der Waals surface area contributed by atoms with E-state index in [9.17, 15) is 4.79 Å². The van der Waals surface area contributed by atoms with Crippen LogP contribution >= 0.6 is 27.7 Å². The van der Waals surface area contributed by atoms with Crippen molar-refractivity contribution in [3.05, 3.63) is 28.7 Å². The van der Waals surface area contributed by atoms with Crippen molar-refractivity contribution in [2.24, 2.45) is 5.92 Å². The lowest BCUT2D eigenvalue weighted by atomic mass is 10.1. The van der Waals surface area contributed by atoms with Crippen LogP contribution in [0.4, 0.5) is 0 Å². The van der Waals surface area contributed by atoms with Crippen LogP contribution < -0.4 is 5.32 Å². The van der Waals surface area contributed by atoms with Gasteiger partial charge in [-0.3, -0.25) is 4.79 Å². The van der Waals surface area contributed by atoms with Crippen LogP contribution in [0, 0.1) is 5.92 Å². The summed E-state index contributed by atoms with van der Waals surface area (Å²) in [5.74, 6) is 0.0677. The molecule has 0 spiro atoms. The van der Waals surface area contributed by atoms with E-state index in [1.165, 1.54) is 11.8 Å². The molecule has 0 radical (unpaired) electrons. The number of nitrogens with one attached hydrogen (secondary N) is 1. The Morgan fingerprint density at radius 2 is 2.00 bits per heavy atom. The van der Waals surface area contributed by atoms with Crippen molar-refractivity contribution >= 4 is 33.6 Å². The lowest BCUT2D eigenvalue weighted by molar-refractivity contribution is -0.122. The Balaban J connectivity index is 2.59. The van der Waals surface area contributed by atoms with Crippen molar-refractivity contribution in [3.8, 4) is 0 Å². The van der Waals surface area contributed by atoms with Gasteiger partial charge in [0.2, 0.25) is 5.91 Å². The number of thioether (sulfide) groups is 1. The van der Waals surface area contributed by atoms with Crippen molar-refractivity contribution in [1.29, 1.82) is 0 Å². The Hall–Kier alpha value is -0.520. The molecule has 0 aliphatic heterocycles. The average Bonchev–Trinajstić information content (AvgIpc) is 2.37. The summed E-state index contributed by atoms with van der Waals surface area (Å²) in [6, 6.07) is 7.90. The molecule has 0 fully saturated rings. The fourth-order valence-corrected chi connectivity index (χ4v) is 2.68. The summed E-state index contributed by atoms with van der Waals surface area (Å²) >= 11 is 4.92. The average molecular weight is 346 g/mol. The first-order valence-electron chi connectivity index (χ1n) is 6.19. The molecule has 0 bridgehead atoms. The number of rotatable bonds is 6. The van der Waals surface area contributed by atoms with Gasteiger partial charge in [0.15, 0.2) is 0 Å². The van der Waals surface area contributed by atoms with Crippen LogP contribution in [0.3, 0.4) is 0 Å². The maximum Gasteiger partial charge on any atom is 0.236 e. The Labute approximate surface area is 127 Å². The van der Waals surface area contributed by atoms with Gasteiger partial charge >= 0.3 is 0 Å². The predicted molar refractivity (Wildman–Crippen MR) is 83.3 cm³/mol. The van der Waals surface area contributed by atoms with Crippen LogP contribution in [0.5, 0.6) is 0 Å². The van der Waals surface area contributed by atoms with E-state index in [0.717, 1.165) is 9.37 Å². The third-order valence-corrected chi connectivity index (χ3v) is 4.39. The quantitative estimate of drug-likeness (QED) is 0.779. The highest BCUT2D eigenvalue weighted by Crippen LogP contribution is 2.33. The maximum atomic E-state index is 12.1. The molecule has 106 valence electrons. The molecule has 1 atom stereocenters. The fourth-order valence-electron chi connectivity index (χ4n) is 1.39. The number of aliphatic hydroxyl groups is 1. The Morgan fingerprint density at radius 3 is 2.53 bits per heavy atom. The first-order valence-corrected chi connectivity index (χ1v) is 7.80. The van der Waals surface area contributed by atoms with Gasteiger partial charge in [-0.2, -0.15) is 0 Å². The van der Waals surface area contributed by atoms with Crippen LogP contribution in [0.15, 0.2) is 33.6 Å². The first kappa shape index (κ1) is 16.5. The smallest absolute Gasteiger partial charge is 0.236 e. The predicted octanol–water partition coefficient (Wildman–Crippen LogP) is 3.06. The third kappa shape index (κ3) is 5.55. The molecule has 0 heterocycles. The van der Waals surface area contributed by atoms with Gasteiger partial charge in [-0.15, -0.1) is 11.8 Å². The van der Waals surface area contributed by atoms with Crippen molar-refractivity contribution in [3.63, 3.8) is 0 Å². The molecule has 0 aliphatic rings. The van der Waals surface area contributed by atoms with Crippen LogP contribution in [-0.2, 0) is 4.79 Å². The van der Waals surface area contributed by atoms with Crippen LogP contribution in [0.25, 0.3) is 0 Å².